The minimum Gasteiger partial charge on any atom is -0.379 e. The number of aromatic nitrogens is 1. The number of rotatable bonds is 6. The Labute approximate surface area is 133 Å². The van der Waals surface area contributed by atoms with Crippen LogP contribution in [0.1, 0.15) is 19.8 Å². The SMILES string of the molecule is CC1(CCCNc2c([N+](=O)[O-])cnc3ccccc23)OCCO1. The molecule has 0 radical (unpaired) electrons. The number of benzene rings is 1. The average molecular weight is 317 g/mol. The molecule has 122 valence electrons. The molecule has 7 nitrogen and oxygen atoms in total. The summed E-state index contributed by atoms with van der Waals surface area (Å²) in [5.74, 6) is -0.534. The van der Waals surface area contributed by atoms with Crippen LogP contribution in [0.25, 0.3) is 10.9 Å². The van der Waals surface area contributed by atoms with Crippen molar-refractivity contribution in [3.8, 4) is 0 Å². The number of anilines is 1. The van der Waals surface area contributed by atoms with Gasteiger partial charge in [0.1, 0.15) is 11.9 Å². The van der Waals surface area contributed by atoms with Crippen LogP contribution in [-0.2, 0) is 9.47 Å². The van der Waals surface area contributed by atoms with Gasteiger partial charge in [0.2, 0.25) is 0 Å². The third-order valence-corrected chi connectivity index (χ3v) is 3.96. The first kappa shape index (κ1) is 15.6. The summed E-state index contributed by atoms with van der Waals surface area (Å²) >= 11 is 0. The molecule has 1 aromatic carbocycles. The number of pyridine rings is 1. The predicted octanol–water partition coefficient (Wildman–Crippen LogP) is 3.10. The van der Waals surface area contributed by atoms with Crippen LogP contribution >= 0.6 is 0 Å². The molecule has 1 aliphatic rings. The summed E-state index contributed by atoms with van der Waals surface area (Å²) in [7, 11) is 0. The second-order valence-corrected chi connectivity index (χ2v) is 5.65. The molecule has 1 fully saturated rings. The Kier molecular flexibility index (Phi) is 4.40. The Morgan fingerprint density at radius 2 is 2.09 bits per heavy atom. The topological polar surface area (TPSA) is 86.5 Å². The van der Waals surface area contributed by atoms with E-state index in [0.29, 0.717) is 25.4 Å². The zero-order chi connectivity index (χ0) is 16.3. The normalized spacial score (nSPS) is 16.6. The van der Waals surface area contributed by atoms with Crippen LogP contribution in [0.15, 0.2) is 30.5 Å². The fourth-order valence-corrected chi connectivity index (χ4v) is 2.78. The molecule has 0 aliphatic carbocycles. The van der Waals surface area contributed by atoms with Gasteiger partial charge in [-0.25, -0.2) is 4.98 Å². The van der Waals surface area contributed by atoms with Crippen LogP contribution < -0.4 is 5.32 Å². The number of nitro groups is 1. The molecule has 0 spiro atoms. The maximum atomic E-state index is 11.2. The van der Waals surface area contributed by atoms with Gasteiger partial charge in [-0.05, 0) is 19.4 Å². The van der Waals surface area contributed by atoms with Crippen molar-refractivity contribution < 1.29 is 14.4 Å². The van der Waals surface area contributed by atoms with Crippen LogP contribution in [0.4, 0.5) is 11.4 Å². The van der Waals surface area contributed by atoms with Crippen molar-refractivity contribution >= 4 is 22.3 Å². The molecule has 0 saturated carbocycles. The molecule has 0 atom stereocenters. The molecule has 2 aromatic rings. The van der Waals surface area contributed by atoms with Gasteiger partial charge in [0, 0.05) is 18.4 Å². The fourth-order valence-electron chi connectivity index (χ4n) is 2.78. The van der Waals surface area contributed by atoms with E-state index < -0.39 is 10.7 Å². The summed E-state index contributed by atoms with van der Waals surface area (Å²) in [5.41, 5.74) is 1.23. The van der Waals surface area contributed by atoms with Gasteiger partial charge in [-0.2, -0.15) is 0 Å². The third-order valence-electron chi connectivity index (χ3n) is 3.96. The van der Waals surface area contributed by atoms with Crippen LogP contribution in [0.3, 0.4) is 0 Å². The molecule has 0 amide bonds. The van der Waals surface area contributed by atoms with Crippen molar-refractivity contribution in [3.63, 3.8) is 0 Å². The molecule has 1 N–H and O–H groups in total. The van der Waals surface area contributed by atoms with Gasteiger partial charge in [-0.1, -0.05) is 18.2 Å². The summed E-state index contributed by atoms with van der Waals surface area (Å²) in [6.07, 6.45) is 2.82. The third kappa shape index (κ3) is 3.40. The van der Waals surface area contributed by atoms with Crippen LogP contribution in [0.2, 0.25) is 0 Å². The first-order chi connectivity index (χ1) is 11.1. The van der Waals surface area contributed by atoms with Gasteiger partial charge >= 0.3 is 5.69 Å². The van der Waals surface area contributed by atoms with Gasteiger partial charge in [0.15, 0.2) is 5.79 Å². The number of ether oxygens (including phenoxy) is 2. The molecular formula is C16H19N3O4. The second kappa shape index (κ2) is 6.47. The molecule has 1 saturated heterocycles. The Balaban J connectivity index is 1.73. The van der Waals surface area contributed by atoms with Crippen LogP contribution in [0.5, 0.6) is 0 Å². The fraction of sp³-hybridized carbons (Fsp3) is 0.438. The second-order valence-electron chi connectivity index (χ2n) is 5.65. The molecule has 0 bridgehead atoms. The molecule has 23 heavy (non-hydrogen) atoms. The first-order valence-electron chi connectivity index (χ1n) is 7.63. The monoisotopic (exact) mass is 317 g/mol. The van der Waals surface area contributed by atoms with Crippen molar-refractivity contribution in [2.75, 3.05) is 25.1 Å². The van der Waals surface area contributed by atoms with E-state index in [0.717, 1.165) is 23.7 Å². The number of nitrogens with one attached hydrogen (secondary N) is 1. The highest BCUT2D eigenvalue weighted by atomic mass is 16.7. The molecule has 7 heteroatoms. The molecular weight excluding hydrogens is 298 g/mol. The minimum absolute atomic E-state index is 0.0109. The van der Waals surface area contributed by atoms with E-state index in [4.69, 9.17) is 9.47 Å². The summed E-state index contributed by atoms with van der Waals surface area (Å²) in [4.78, 5) is 15.0. The van der Waals surface area contributed by atoms with Gasteiger partial charge in [0.05, 0.1) is 23.7 Å². The number of para-hydroxylation sites is 1. The highest BCUT2D eigenvalue weighted by Crippen LogP contribution is 2.31. The molecule has 1 aromatic heterocycles. The Morgan fingerprint density at radius 3 is 2.83 bits per heavy atom. The lowest BCUT2D eigenvalue weighted by Gasteiger charge is -2.22. The highest BCUT2D eigenvalue weighted by Gasteiger charge is 2.30. The highest BCUT2D eigenvalue weighted by molar-refractivity contribution is 5.95. The quantitative estimate of drug-likeness (QED) is 0.500. The maximum absolute atomic E-state index is 11.2. The average Bonchev–Trinajstić information content (AvgIpc) is 2.98. The Morgan fingerprint density at radius 1 is 1.35 bits per heavy atom. The lowest BCUT2D eigenvalue weighted by molar-refractivity contribution is -0.384. The Bertz CT molecular complexity index is 714. The minimum atomic E-state index is -0.534. The van der Waals surface area contributed by atoms with Crippen LogP contribution in [-0.4, -0.2) is 35.5 Å². The standard InChI is InChI=1S/C16H19N3O4/c1-16(22-9-10-23-16)7-4-8-17-15-12-5-2-3-6-13(12)18-11-14(15)19(20)21/h2-3,5-6,11H,4,7-10H2,1H3,(H,17,18). The van der Waals surface area contributed by atoms with Crippen molar-refractivity contribution in [2.24, 2.45) is 0 Å². The number of nitrogens with zero attached hydrogens (tertiary/aromatic N) is 2. The lowest BCUT2D eigenvalue weighted by Crippen LogP contribution is -2.26. The van der Waals surface area contributed by atoms with Gasteiger partial charge < -0.3 is 14.8 Å². The molecule has 0 unspecified atom stereocenters. The van der Waals surface area contributed by atoms with E-state index in [-0.39, 0.29) is 5.69 Å². The molecule has 1 aliphatic heterocycles. The zero-order valence-electron chi connectivity index (χ0n) is 12.9. The largest absolute Gasteiger partial charge is 0.379 e. The zero-order valence-corrected chi connectivity index (χ0v) is 12.9. The lowest BCUT2D eigenvalue weighted by atomic mass is 10.1. The van der Waals surface area contributed by atoms with E-state index in [9.17, 15) is 10.1 Å². The first-order valence-corrected chi connectivity index (χ1v) is 7.63. The maximum Gasteiger partial charge on any atom is 0.311 e. The Hall–Kier alpha value is -2.25. The van der Waals surface area contributed by atoms with E-state index in [2.05, 4.69) is 10.3 Å². The number of hydrogen-bond donors (Lipinski definition) is 1. The smallest absolute Gasteiger partial charge is 0.311 e. The van der Waals surface area contributed by atoms with Crippen molar-refractivity contribution in [3.05, 3.63) is 40.6 Å². The van der Waals surface area contributed by atoms with Crippen molar-refractivity contribution in [2.45, 2.75) is 25.6 Å². The summed E-state index contributed by atoms with van der Waals surface area (Å²) in [6.45, 7) is 3.75. The van der Waals surface area contributed by atoms with E-state index in [1.54, 1.807) is 0 Å². The molecule has 2 heterocycles. The van der Waals surface area contributed by atoms with Gasteiger partial charge in [0.25, 0.3) is 0 Å². The number of fused-ring (bicyclic) bond motifs is 1. The molecule has 3 rings (SSSR count). The van der Waals surface area contributed by atoms with E-state index in [1.807, 2.05) is 31.2 Å². The van der Waals surface area contributed by atoms with Crippen molar-refractivity contribution in [1.82, 2.24) is 4.98 Å². The van der Waals surface area contributed by atoms with Gasteiger partial charge in [-0.3, -0.25) is 10.1 Å². The summed E-state index contributed by atoms with van der Waals surface area (Å²) in [5, 5.41) is 15.2. The van der Waals surface area contributed by atoms with Crippen molar-refractivity contribution in [1.29, 1.82) is 0 Å². The van der Waals surface area contributed by atoms with E-state index >= 15 is 0 Å². The summed E-state index contributed by atoms with van der Waals surface area (Å²) in [6, 6.07) is 7.38. The van der Waals surface area contributed by atoms with Crippen LogP contribution in [0, 0.1) is 10.1 Å². The predicted molar refractivity (Wildman–Crippen MR) is 86.4 cm³/mol. The number of hydrogen-bond acceptors (Lipinski definition) is 6. The summed E-state index contributed by atoms with van der Waals surface area (Å²) < 4.78 is 11.1. The van der Waals surface area contributed by atoms with E-state index in [1.165, 1.54) is 6.20 Å². The van der Waals surface area contributed by atoms with Gasteiger partial charge in [-0.15, -0.1) is 0 Å².